The van der Waals surface area contributed by atoms with Crippen molar-refractivity contribution in [2.24, 2.45) is 5.73 Å². The van der Waals surface area contributed by atoms with Gasteiger partial charge in [-0.05, 0) is 20.3 Å². The van der Waals surface area contributed by atoms with Crippen LogP contribution in [0.4, 0.5) is 0 Å². The molecule has 0 aromatic carbocycles. The molecule has 0 aliphatic carbocycles. The zero-order chi connectivity index (χ0) is 6.62. The Labute approximate surface area is 51.6 Å². The van der Waals surface area contributed by atoms with Crippen molar-refractivity contribution in [3.8, 4) is 0 Å². The molecule has 0 unspecified atom stereocenters. The first-order valence-electron chi connectivity index (χ1n) is 3.03. The van der Waals surface area contributed by atoms with Crippen LogP contribution >= 0.6 is 0 Å². The lowest BCUT2D eigenvalue weighted by Crippen LogP contribution is -2.28. The maximum Gasteiger partial charge on any atom is 0.0281 e. The largest absolute Gasteiger partial charge is 0.322 e. The fourth-order valence-corrected chi connectivity index (χ4v) is 0.422. The third-order valence-electron chi connectivity index (χ3n) is 0.783. The highest BCUT2D eigenvalue weighted by molar-refractivity contribution is 4.97. The van der Waals surface area contributed by atoms with Crippen molar-refractivity contribution in [2.45, 2.75) is 32.7 Å². The van der Waals surface area contributed by atoms with Crippen LogP contribution in [0, 0.1) is 0 Å². The molecule has 0 saturated carbocycles. The molecule has 0 aliphatic heterocycles. The van der Waals surface area contributed by atoms with Gasteiger partial charge in [-0.3, -0.25) is 0 Å². The predicted molar refractivity (Wildman–Crippen MR) is 37.7 cm³/mol. The summed E-state index contributed by atoms with van der Waals surface area (Å²) < 4.78 is 0. The van der Waals surface area contributed by atoms with Gasteiger partial charge in [-0.1, -0.05) is 19.1 Å². The first-order valence-corrected chi connectivity index (χ1v) is 3.03. The van der Waals surface area contributed by atoms with E-state index in [9.17, 15) is 0 Å². The molecule has 0 amide bonds. The molecule has 0 radical (unpaired) electrons. The van der Waals surface area contributed by atoms with Gasteiger partial charge in [0, 0.05) is 5.54 Å². The zero-order valence-electron chi connectivity index (χ0n) is 5.94. The Morgan fingerprint density at radius 2 is 2.00 bits per heavy atom. The van der Waals surface area contributed by atoms with Gasteiger partial charge < -0.3 is 5.73 Å². The number of allylic oxidation sites excluding steroid dienone is 1. The number of hydrogen-bond donors (Lipinski definition) is 1. The molecule has 1 heteroatoms. The quantitative estimate of drug-likeness (QED) is 0.542. The summed E-state index contributed by atoms with van der Waals surface area (Å²) in [4.78, 5) is 0. The Balaban J connectivity index is 3.52. The molecule has 0 bridgehead atoms. The highest BCUT2D eigenvalue weighted by Crippen LogP contribution is 1.98. The van der Waals surface area contributed by atoms with Crippen LogP contribution in [-0.4, -0.2) is 5.54 Å². The third kappa shape index (κ3) is 5.70. The molecule has 0 fully saturated rings. The fourth-order valence-electron chi connectivity index (χ4n) is 0.422. The minimum Gasteiger partial charge on any atom is -0.322 e. The van der Waals surface area contributed by atoms with Gasteiger partial charge in [0.15, 0.2) is 0 Å². The lowest BCUT2D eigenvalue weighted by Gasteiger charge is -2.10. The predicted octanol–water partition coefficient (Wildman–Crippen LogP) is 1.69. The molecular formula is C7H15N. The van der Waals surface area contributed by atoms with E-state index in [1.54, 1.807) is 0 Å². The highest BCUT2D eigenvalue weighted by Gasteiger charge is 2.01. The standard InChI is InChI=1S/C7H15N/c1-4-5-6-7(2,3)8/h5-6H,4,8H2,1-3H3. The normalized spacial score (nSPS) is 13.0. The molecule has 48 valence electrons. The lowest BCUT2D eigenvalue weighted by atomic mass is 10.1. The van der Waals surface area contributed by atoms with Crippen LogP contribution in [0.2, 0.25) is 0 Å². The van der Waals surface area contributed by atoms with Crippen LogP contribution in [0.1, 0.15) is 27.2 Å². The van der Waals surface area contributed by atoms with E-state index in [-0.39, 0.29) is 5.54 Å². The molecule has 0 aromatic heterocycles. The lowest BCUT2D eigenvalue weighted by molar-refractivity contribution is 0.652. The maximum absolute atomic E-state index is 5.63. The minimum absolute atomic E-state index is 0.129. The molecule has 0 saturated heterocycles. The van der Waals surface area contributed by atoms with Gasteiger partial charge in [-0.15, -0.1) is 0 Å². The van der Waals surface area contributed by atoms with Gasteiger partial charge in [0.25, 0.3) is 0 Å². The topological polar surface area (TPSA) is 26.0 Å². The average molecular weight is 113 g/mol. The van der Waals surface area contributed by atoms with Crippen molar-refractivity contribution in [1.29, 1.82) is 0 Å². The molecule has 0 aromatic rings. The van der Waals surface area contributed by atoms with E-state index < -0.39 is 0 Å². The van der Waals surface area contributed by atoms with Crippen molar-refractivity contribution in [3.63, 3.8) is 0 Å². The Kier molecular flexibility index (Phi) is 2.77. The zero-order valence-corrected chi connectivity index (χ0v) is 5.94. The Hall–Kier alpha value is -0.300. The summed E-state index contributed by atoms with van der Waals surface area (Å²) >= 11 is 0. The van der Waals surface area contributed by atoms with Gasteiger partial charge >= 0.3 is 0 Å². The van der Waals surface area contributed by atoms with E-state index in [2.05, 4.69) is 13.0 Å². The second-order valence-corrected chi connectivity index (χ2v) is 2.63. The number of nitrogens with two attached hydrogens (primary N) is 1. The van der Waals surface area contributed by atoms with Crippen LogP contribution in [0.15, 0.2) is 12.2 Å². The summed E-state index contributed by atoms with van der Waals surface area (Å²) in [6, 6.07) is 0. The SMILES string of the molecule is CCC=CC(C)(C)N. The summed E-state index contributed by atoms with van der Waals surface area (Å²) in [6.07, 6.45) is 5.17. The summed E-state index contributed by atoms with van der Waals surface area (Å²) in [7, 11) is 0. The second-order valence-electron chi connectivity index (χ2n) is 2.63. The molecule has 2 N–H and O–H groups in total. The van der Waals surface area contributed by atoms with Crippen LogP contribution in [0.25, 0.3) is 0 Å². The first kappa shape index (κ1) is 7.70. The van der Waals surface area contributed by atoms with E-state index in [0.717, 1.165) is 6.42 Å². The third-order valence-corrected chi connectivity index (χ3v) is 0.783. The molecule has 0 atom stereocenters. The van der Waals surface area contributed by atoms with Gasteiger partial charge in [0.2, 0.25) is 0 Å². The van der Waals surface area contributed by atoms with Gasteiger partial charge in [-0.25, -0.2) is 0 Å². The van der Waals surface area contributed by atoms with E-state index in [4.69, 9.17) is 5.73 Å². The van der Waals surface area contributed by atoms with E-state index >= 15 is 0 Å². The molecule has 1 nitrogen and oxygen atoms in total. The Bertz CT molecular complexity index is 76.9. The maximum atomic E-state index is 5.63. The monoisotopic (exact) mass is 113 g/mol. The number of hydrogen-bond acceptors (Lipinski definition) is 1. The summed E-state index contributed by atoms with van der Waals surface area (Å²) in [5.41, 5.74) is 5.51. The van der Waals surface area contributed by atoms with E-state index in [1.165, 1.54) is 0 Å². The van der Waals surface area contributed by atoms with Crippen molar-refractivity contribution < 1.29 is 0 Å². The van der Waals surface area contributed by atoms with Crippen LogP contribution in [-0.2, 0) is 0 Å². The molecule has 8 heavy (non-hydrogen) atoms. The smallest absolute Gasteiger partial charge is 0.0281 e. The van der Waals surface area contributed by atoms with E-state index in [1.807, 2.05) is 19.9 Å². The summed E-state index contributed by atoms with van der Waals surface area (Å²) in [6.45, 7) is 6.07. The van der Waals surface area contributed by atoms with Crippen molar-refractivity contribution >= 4 is 0 Å². The summed E-state index contributed by atoms with van der Waals surface area (Å²) in [5.74, 6) is 0. The van der Waals surface area contributed by atoms with Gasteiger partial charge in [0.05, 0.1) is 0 Å². The molecule has 0 heterocycles. The Morgan fingerprint density at radius 3 is 2.12 bits per heavy atom. The van der Waals surface area contributed by atoms with Crippen molar-refractivity contribution in [2.75, 3.05) is 0 Å². The van der Waals surface area contributed by atoms with E-state index in [0.29, 0.717) is 0 Å². The number of rotatable bonds is 2. The average Bonchev–Trinajstić information content (AvgIpc) is 1.59. The molecule has 0 aliphatic rings. The molecule has 0 rings (SSSR count). The van der Waals surface area contributed by atoms with Gasteiger partial charge in [0.1, 0.15) is 0 Å². The second kappa shape index (κ2) is 2.88. The highest BCUT2D eigenvalue weighted by atomic mass is 14.7. The van der Waals surface area contributed by atoms with Crippen molar-refractivity contribution in [3.05, 3.63) is 12.2 Å². The van der Waals surface area contributed by atoms with Crippen molar-refractivity contribution in [1.82, 2.24) is 0 Å². The first-order chi connectivity index (χ1) is 3.56. The van der Waals surface area contributed by atoms with Crippen LogP contribution in [0.5, 0.6) is 0 Å². The fraction of sp³-hybridized carbons (Fsp3) is 0.714. The Morgan fingerprint density at radius 1 is 1.50 bits per heavy atom. The van der Waals surface area contributed by atoms with Gasteiger partial charge in [-0.2, -0.15) is 0 Å². The van der Waals surface area contributed by atoms with Crippen LogP contribution in [0.3, 0.4) is 0 Å². The molecular weight excluding hydrogens is 98.1 g/mol. The van der Waals surface area contributed by atoms with Crippen LogP contribution < -0.4 is 5.73 Å². The minimum atomic E-state index is -0.129. The summed E-state index contributed by atoms with van der Waals surface area (Å²) in [5, 5.41) is 0. The molecule has 0 spiro atoms.